The molecule has 3 heteroatoms. The van der Waals surface area contributed by atoms with Gasteiger partial charge in [0, 0.05) is 17.1 Å². The number of benzene rings is 7. The molecule has 0 spiro atoms. The van der Waals surface area contributed by atoms with Gasteiger partial charge in [-0.3, -0.25) is 0 Å². The molecule has 7 aromatic rings. The third kappa shape index (κ3) is 5.81. The van der Waals surface area contributed by atoms with Crippen LogP contribution < -0.4 is 9.91 Å². The van der Waals surface area contributed by atoms with Gasteiger partial charge in [-0.15, -0.1) is 0 Å². The molecule has 0 fully saturated rings. The van der Waals surface area contributed by atoms with Crippen LogP contribution in [0.4, 0.5) is 28.4 Å². The predicted molar refractivity (Wildman–Crippen MR) is 203 cm³/mol. The molecule has 0 heterocycles. The lowest BCUT2D eigenvalue weighted by Gasteiger charge is -2.25. The van der Waals surface area contributed by atoms with Crippen molar-refractivity contribution >= 4 is 46.3 Å². The van der Waals surface area contributed by atoms with Crippen LogP contribution in [0.25, 0.3) is 22.8 Å². The Morgan fingerprint density at radius 2 is 0.708 bits per heavy atom. The molecule has 228 valence electrons. The first-order valence-corrected chi connectivity index (χ1v) is 16.2. The van der Waals surface area contributed by atoms with Crippen LogP contribution >= 0.6 is 0 Å². The van der Waals surface area contributed by atoms with E-state index in [1.807, 2.05) is 47.6 Å². The van der Waals surface area contributed by atoms with Gasteiger partial charge in [-0.2, -0.15) is 5.10 Å². The largest absolute Gasteiger partial charge is 0.311 e. The van der Waals surface area contributed by atoms with Gasteiger partial charge in [-0.1, -0.05) is 127 Å². The summed E-state index contributed by atoms with van der Waals surface area (Å²) in [7, 11) is 0. The summed E-state index contributed by atoms with van der Waals surface area (Å²) < 4.78 is 0. The first-order chi connectivity index (χ1) is 23.8. The molecule has 0 saturated carbocycles. The summed E-state index contributed by atoms with van der Waals surface area (Å²) in [5.74, 6) is 0. The Bertz CT molecular complexity index is 2120. The molecule has 0 N–H and O–H groups in total. The van der Waals surface area contributed by atoms with E-state index in [0.717, 1.165) is 34.0 Å². The van der Waals surface area contributed by atoms with Gasteiger partial charge >= 0.3 is 0 Å². The Morgan fingerprint density at radius 1 is 0.333 bits per heavy atom. The molecule has 3 nitrogen and oxygen atoms in total. The summed E-state index contributed by atoms with van der Waals surface area (Å²) in [5, 5.41) is 6.86. The smallest absolute Gasteiger partial charge is 0.0652 e. The molecule has 1 aliphatic carbocycles. The maximum Gasteiger partial charge on any atom is 0.0652 e. The SMILES string of the molecule is C(=NN(c1ccccc1)c1ccccc1)c1ccc(N(c2ccccc2)c2ccc(C=C3c4ccccc4-c4ccccc43)cc2)cc1. The van der Waals surface area contributed by atoms with Gasteiger partial charge in [0.1, 0.15) is 0 Å². The second-order valence-electron chi connectivity index (χ2n) is 11.7. The first-order valence-electron chi connectivity index (χ1n) is 16.2. The number of hydrogen-bond donors (Lipinski definition) is 0. The minimum absolute atomic E-state index is 1.01. The molecule has 0 bridgehead atoms. The Hall–Kier alpha value is -6.45. The monoisotopic (exact) mass is 615 g/mol. The third-order valence-corrected chi connectivity index (χ3v) is 8.68. The maximum absolute atomic E-state index is 4.89. The van der Waals surface area contributed by atoms with E-state index in [2.05, 4.69) is 163 Å². The summed E-state index contributed by atoms with van der Waals surface area (Å²) >= 11 is 0. The standard InChI is InChI=1S/C45H33N3/c1-4-14-36(15-5-1)47(37-28-24-34(25-29-37)32-45-43-22-12-10-20-41(43)42-21-11-13-23-44(42)45)38-30-26-35(27-31-38)33-46-48(39-16-6-2-7-17-39)40-18-8-3-9-19-40/h1-33H. The Labute approximate surface area is 282 Å². The van der Waals surface area contributed by atoms with E-state index in [-0.39, 0.29) is 0 Å². The Morgan fingerprint density at radius 3 is 1.19 bits per heavy atom. The fourth-order valence-electron chi connectivity index (χ4n) is 6.37. The number of para-hydroxylation sites is 3. The van der Waals surface area contributed by atoms with Crippen molar-refractivity contribution < 1.29 is 0 Å². The van der Waals surface area contributed by atoms with E-state index in [1.54, 1.807) is 0 Å². The predicted octanol–water partition coefficient (Wildman–Crippen LogP) is 11.9. The molecule has 0 aromatic heterocycles. The molecule has 7 aromatic carbocycles. The van der Waals surface area contributed by atoms with Crippen LogP contribution in [0.15, 0.2) is 193 Å². The molecule has 8 rings (SSSR count). The molecular weight excluding hydrogens is 583 g/mol. The number of hydrogen-bond acceptors (Lipinski definition) is 3. The fraction of sp³-hybridized carbons (Fsp3) is 0. The van der Waals surface area contributed by atoms with Crippen molar-refractivity contribution in [3.63, 3.8) is 0 Å². The van der Waals surface area contributed by atoms with E-state index >= 15 is 0 Å². The Balaban J connectivity index is 1.09. The number of hydrazone groups is 1. The van der Waals surface area contributed by atoms with Crippen molar-refractivity contribution in [2.24, 2.45) is 5.10 Å². The zero-order chi connectivity index (χ0) is 32.1. The summed E-state index contributed by atoms with van der Waals surface area (Å²) in [5.41, 5.74) is 13.9. The van der Waals surface area contributed by atoms with Crippen LogP contribution in [0.3, 0.4) is 0 Å². The summed E-state index contributed by atoms with van der Waals surface area (Å²) in [6.07, 6.45) is 4.22. The highest BCUT2D eigenvalue weighted by Gasteiger charge is 2.22. The summed E-state index contributed by atoms with van der Waals surface area (Å²) in [6.45, 7) is 0. The number of fused-ring (bicyclic) bond motifs is 3. The van der Waals surface area contributed by atoms with Crippen molar-refractivity contribution in [2.45, 2.75) is 0 Å². The van der Waals surface area contributed by atoms with E-state index in [1.165, 1.54) is 33.4 Å². The summed E-state index contributed by atoms with van der Waals surface area (Å²) in [6, 6.07) is 65.7. The molecule has 0 saturated heterocycles. The van der Waals surface area contributed by atoms with Crippen molar-refractivity contribution in [3.05, 3.63) is 210 Å². The molecule has 1 aliphatic rings. The van der Waals surface area contributed by atoms with Crippen LogP contribution in [-0.2, 0) is 0 Å². The minimum atomic E-state index is 1.01. The van der Waals surface area contributed by atoms with Gasteiger partial charge in [-0.05, 0) is 106 Å². The van der Waals surface area contributed by atoms with Gasteiger partial charge in [0.05, 0.1) is 17.6 Å². The highest BCUT2D eigenvalue weighted by Crippen LogP contribution is 2.45. The number of nitrogens with zero attached hydrogens (tertiary/aromatic N) is 3. The topological polar surface area (TPSA) is 18.8 Å². The quantitative estimate of drug-likeness (QED) is 0.125. The normalized spacial score (nSPS) is 11.6. The third-order valence-electron chi connectivity index (χ3n) is 8.68. The van der Waals surface area contributed by atoms with Crippen molar-refractivity contribution in [2.75, 3.05) is 9.91 Å². The van der Waals surface area contributed by atoms with Gasteiger partial charge in [0.2, 0.25) is 0 Å². The van der Waals surface area contributed by atoms with Gasteiger partial charge in [0.15, 0.2) is 0 Å². The van der Waals surface area contributed by atoms with Crippen LogP contribution in [0, 0.1) is 0 Å². The highest BCUT2D eigenvalue weighted by molar-refractivity contribution is 6.06. The molecule has 0 unspecified atom stereocenters. The zero-order valence-corrected chi connectivity index (χ0v) is 26.4. The van der Waals surface area contributed by atoms with E-state index in [0.29, 0.717) is 0 Å². The minimum Gasteiger partial charge on any atom is -0.311 e. The highest BCUT2D eigenvalue weighted by atomic mass is 15.5. The van der Waals surface area contributed by atoms with Crippen LogP contribution in [-0.4, -0.2) is 6.21 Å². The summed E-state index contributed by atoms with van der Waals surface area (Å²) in [4.78, 5) is 2.29. The number of rotatable bonds is 8. The molecule has 0 atom stereocenters. The molecule has 0 amide bonds. The lowest BCUT2D eigenvalue weighted by molar-refractivity contribution is 1.09. The average molecular weight is 616 g/mol. The van der Waals surface area contributed by atoms with E-state index in [4.69, 9.17) is 5.10 Å². The van der Waals surface area contributed by atoms with Gasteiger partial charge < -0.3 is 4.90 Å². The lowest BCUT2D eigenvalue weighted by Crippen LogP contribution is -2.10. The Kier molecular flexibility index (Phi) is 7.92. The molecule has 0 radical (unpaired) electrons. The van der Waals surface area contributed by atoms with Gasteiger partial charge in [-0.25, -0.2) is 5.01 Å². The van der Waals surface area contributed by atoms with Crippen LogP contribution in [0.2, 0.25) is 0 Å². The molecule has 0 aliphatic heterocycles. The van der Waals surface area contributed by atoms with Crippen LogP contribution in [0.1, 0.15) is 22.3 Å². The van der Waals surface area contributed by atoms with Crippen molar-refractivity contribution in [3.8, 4) is 11.1 Å². The zero-order valence-electron chi connectivity index (χ0n) is 26.4. The first kappa shape index (κ1) is 29.0. The van der Waals surface area contributed by atoms with Gasteiger partial charge in [0.25, 0.3) is 0 Å². The van der Waals surface area contributed by atoms with E-state index < -0.39 is 0 Å². The average Bonchev–Trinajstić information content (AvgIpc) is 3.47. The fourth-order valence-corrected chi connectivity index (χ4v) is 6.37. The second-order valence-corrected chi connectivity index (χ2v) is 11.7. The van der Waals surface area contributed by atoms with Crippen LogP contribution in [0.5, 0.6) is 0 Å². The number of anilines is 5. The maximum atomic E-state index is 4.89. The second kappa shape index (κ2) is 13.1. The van der Waals surface area contributed by atoms with Crippen molar-refractivity contribution in [1.82, 2.24) is 0 Å². The van der Waals surface area contributed by atoms with Crippen molar-refractivity contribution in [1.29, 1.82) is 0 Å². The lowest BCUT2D eigenvalue weighted by atomic mass is 10.0. The molecule has 48 heavy (non-hydrogen) atoms. The van der Waals surface area contributed by atoms with E-state index in [9.17, 15) is 0 Å². The molecular formula is C45H33N3.